The van der Waals surface area contributed by atoms with Gasteiger partial charge in [0.2, 0.25) is 5.91 Å². The lowest BCUT2D eigenvalue weighted by molar-refractivity contribution is -0.128. The molecule has 2 saturated heterocycles. The molecule has 1 amide bonds. The maximum atomic E-state index is 12.7. The molecule has 2 fully saturated rings. The zero-order chi connectivity index (χ0) is 21.7. The first-order chi connectivity index (χ1) is 15.1. The predicted molar refractivity (Wildman–Crippen MR) is 131 cm³/mol. The minimum Gasteiger partial charge on any atom is -0.494 e. The van der Waals surface area contributed by atoms with Crippen molar-refractivity contribution in [2.24, 2.45) is 11.1 Å². The van der Waals surface area contributed by atoms with Crippen molar-refractivity contribution < 1.29 is 9.53 Å². The second kappa shape index (κ2) is 11.2. The maximum Gasteiger partial charge on any atom is 0.223 e. The zero-order valence-electron chi connectivity index (χ0n) is 19.0. The van der Waals surface area contributed by atoms with Crippen LogP contribution in [0.4, 0.5) is 0 Å². The summed E-state index contributed by atoms with van der Waals surface area (Å²) in [4.78, 5) is 17.3. The van der Waals surface area contributed by atoms with E-state index in [1.54, 1.807) is 0 Å². The van der Waals surface area contributed by atoms with Gasteiger partial charge < -0.3 is 20.3 Å². The van der Waals surface area contributed by atoms with Crippen molar-refractivity contribution >= 4 is 18.3 Å². The number of benzene rings is 2. The SMILES string of the molecule is CCOc1ccc(CN2CC3(CCN(CC[C@H](N)c4ccccc4)CC3)CC2=O)cc1.Cl. The average molecular weight is 458 g/mol. The summed E-state index contributed by atoms with van der Waals surface area (Å²) < 4.78 is 5.52. The van der Waals surface area contributed by atoms with Crippen LogP contribution in [-0.4, -0.2) is 48.5 Å². The molecule has 4 rings (SSSR count). The van der Waals surface area contributed by atoms with Gasteiger partial charge in [-0.1, -0.05) is 42.5 Å². The molecule has 2 aromatic rings. The fourth-order valence-corrected chi connectivity index (χ4v) is 4.98. The van der Waals surface area contributed by atoms with E-state index < -0.39 is 0 Å². The van der Waals surface area contributed by atoms with Crippen LogP contribution < -0.4 is 10.5 Å². The molecule has 174 valence electrons. The van der Waals surface area contributed by atoms with Crippen LogP contribution in [0.1, 0.15) is 49.8 Å². The summed E-state index contributed by atoms with van der Waals surface area (Å²) in [5, 5.41) is 0. The molecular weight excluding hydrogens is 422 g/mol. The predicted octanol–water partition coefficient (Wildman–Crippen LogP) is 4.41. The molecule has 1 atom stereocenters. The van der Waals surface area contributed by atoms with Crippen LogP contribution in [0.3, 0.4) is 0 Å². The van der Waals surface area contributed by atoms with Crippen LogP contribution in [0, 0.1) is 5.41 Å². The number of hydrogen-bond donors (Lipinski definition) is 1. The Morgan fingerprint density at radius 2 is 1.75 bits per heavy atom. The Morgan fingerprint density at radius 1 is 1.06 bits per heavy atom. The van der Waals surface area contributed by atoms with E-state index in [1.165, 1.54) is 11.1 Å². The Hall–Kier alpha value is -2.08. The van der Waals surface area contributed by atoms with Crippen molar-refractivity contribution in [1.29, 1.82) is 0 Å². The van der Waals surface area contributed by atoms with Gasteiger partial charge in [-0.15, -0.1) is 12.4 Å². The summed E-state index contributed by atoms with van der Waals surface area (Å²) in [5.74, 6) is 1.18. The van der Waals surface area contributed by atoms with Gasteiger partial charge in [0.15, 0.2) is 0 Å². The molecule has 2 heterocycles. The van der Waals surface area contributed by atoms with Crippen LogP contribution in [0.15, 0.2) is 54.6 Å². The number of ether oxygens (including phenoxy) is 1. The van der Waals surface area contributed by atoms with Gasteiger partial charge in [0.1, 0.15) is 5.75 Å². The normalized spacial score (nSPS) is 19.1. The number of halogens is 1. The van der Waals surface area contributed by atoms with E-state index in [4.69, 9.17) is 10.5 Å². The number of nitrogens with two attached hydrogens (primary N) is 1. The fraction of sp³-hybridized carbons (Fsp3) is 0.500. The lowest BCUT2D eigenvalue weighted by Gasteiger charge is -2.39. The van der Waals surface area contributed by atoms with Crippen LogP contribution in [0.2, 0.25) is 0 Å². The molecule has 0 unspecified atom stereocenters. The molecule has 1 spiro atoms. The first-order valence-corrected chi connectivity index (χ1v) is 11.6. The van der Waals surface area contributed by atoms with Crippen LogP contribution in [-0.2, 0) is 11.3 Å². The Labute approximate surface area is 198 Å². The van der Waals surface area contributed by atoms with Gasteiger partial charge in [0.05, 0.1) is 6.61 Å². The van der Waals surface area contributed by atoms with Crippen molar-refractivity contribution in [3.8, 4) is 5.75 Å². The average Bonchev–Trinajstić information content (AvgIpc) is 3.09. The third kappa shape index (κ3) is 6.03. The number of hydrogen-bond acceptors (Lipinski definition) is 4. The van der Waals surface area contributed by atoms with Gasteiger partial charge in [-0.2, -0.15) is 0 Å². The van der Waals surface area contributed by atoms with Gasteiger partial charge in [-0.25, -0.2) is 0 Å². The highest BCUT2D eigenvalue weighted by molar-refractivity contribution is 5.85. The molecule has 5 nitrogen and oxygen atoms in total. The van der Waals surface area contributed by atoms with E-state index in [9.17, 15) is 4.79 Å². The van der Waals surface area contributed by atoms with Crippen LogP contribution in [0.25, 0.3) is 0 Å². The number of carbonyl (C=O) groups excluding carboxylic acids is 1. The number of likely N-dealkylation sites (tertiary alicyclic amines) is 2. The van der Waals surface area contributed by atoms with Gasteiger partial charge >= 0.3 is 0 Å². The maximum absolute atomic E-state index is 12.7. The van der Waals surface area contributed by atoms with Crippen molar-refractivity contribution in [3.05, 3.63) is 65.7 Å². The number of rotatable bonds is 8. The van der Waals surface area contributed by atoms with Crippen molar-refractivity contribution in [2.75, 3.05) is 32.8 Å². The van der Waals surface area contributed by atoms with E-state index >= 15 is 0 Å². The third-order valence-electron chi connectivity index (χ3n) is 6.91. The van der Waals surface area contributed by atoms with Crippen molar-refractivity contribution in [1.82, 2.24) is 9.80 Å². The van der Waals surface area contributed by atoms with Crippen molar-refractivity contribution in [2.45, 2.75) is 45.2 Å². The number of piperidine rings is 1. The highest BCUT2D eigenvalue weighted by Crippen LogP contribution is 2.41. The summed E-state index contributed by atoms with van der Waals surface area (Å²) in [7, 11) is 0. The van der Waals surface area contributed by atoms with Gasteiger partial charge in [0.25, 0.3) is 0 Å². The molecule has 2 aromatic carbocycles. The molecule has 0 radical (unpaired) electrons. The highest BCUT2D eigenvalue weighted by atomic mass is 35.5. The van der Waals surface area contributed by atoms with E-state index in [1.807, 2.05) is 25.1 Å². The molecule has 0 saturated carbocycles. The minimum absolute atomic E-state index is 0. The number of nitrogens with zero attached hydrogens (tertiary/aromatic N) is 2. The Morgan fingerprint density at radius 3 is 2.41 bits per heavy atom. The first-order valence-electron chi connectivity index (χ1n) is 11.6. The minimum atomic E-state index is 0. The molecule has 32 heavy (non-hydrogen) atoms. The second-order valence-electron chi connectivity index (χ2n) is 9.15. The molecule has 6 heteroatoms. The fourth-order valence-electron chi connectivity index (χ4n) is 4.98. The molecule has 2 aliphatic rings. The molecule has 0 aliphatic carbocycles. The molecule has 0 bridgehead atoms. The summed E-state index contributed by atoms with van der Waals surface area (Å²) >= 11 is 0. The van der Waals surface area contributed by atoms with E-state index in [0.717, 1.165) is 51.2 Å². The van der Waals surface area contributed by atoms with Gasteiger partial charge in [0, 0.05) is 25.6 Å². The smallest absolute Gasteiger partial charge is 0.223 e. The van der Waals surface area contributed by atoms with E-state index in [-0.39, 0.29) is 23.9 Å². The number of amides is 1. The third-order valence-corrected chi connectivity index (χ3v) is 6.91. The molecular formula is C26H36ClN3O2. The first kappa shape index (κ1) is 24.6. The zero-order valence-corrected chi connectivity index (χ0v) is 19.9. The summed E-state index contributed by atoms with van der Waals surface area (Å²) in [6.45, 7) is 7.38. The molecule has 2 N–H and O–H groups in total. The summed E-state index contributed by atoms with van der Waals surface area (Å²) in [6, 6.07) is 18.6. The Kier molecular flexibility index (Phi) is 8.57. The van der Waals surface area contributed by atoms with Gasteiger partial charge in [-0.05, 0) is 74.5 Å². The Balaban J connectivity index is 0.00000289. The standard InChI is InChI=1S/C26H35N3O2.ClH/c1-2-31-23-10-8-21(9-11-23)19-29-20-26(18-25(29)30)13-16-28(17-14-26)15-12-24(27)22-6-4-3-5-7-22;/h3-11,24H,2,12-20,27H2,1H3;1H/t24-;/m0./s1. The van der Waals surface area contributed by atoms with E-state index in [0.29, 0.717) is 25.5 Å². The topological polar surface area (TPSA) is 58.8 Å². The van der Waals surface area contributed by atoms with Gasteiger partial charge in [-0.3, -0.25) is 4.79 Å². The lowest BCUT2D eigenvalue weighted by atomic mass is 9.77. The Bertz CT molecular complexity index is 851. The molecule has 0 aromatic heterocycles. The number of carbonyl (C=O) groups is 1. The van der Waals surface area contributed by atoms with Crippen LogP contribution in [0.5, 0.6) is 5.75 Å². The lowest BCUT2D eigenvalue weighted by Crippen LogP contribution is -2.42. The summed E-state index contributed by atoms with van der Waals surface area (Å²) in [6.07, 6.45) is 3.86. The molecule has 2 aliphatic heterocycles. The summed E-state index contributed by atoms with van der Waals surface area (Å²) in [5.41, 5.74) is 8.91. The van der Waals surface area contributed by atoms with E-state index in [2.05, 4.69) is 46.2 Å². The largest absolute Gasteiger partial charge is 0.494 e. The second-order valence-corrected chi connectivity index (χ2v) is 9.15. The van der Waals surface area contributed by atoms with Crippen LogP contribution >= 0.6 is 12.4 Å². The van der Waals surface area contributed by atoms with Crippen molar-refractivity contribution in [3.63, 3.8) is 0 Å². The quantitative estimate of drug-likeness (QED) is 0.637. The highest BCUT2D eigenvalue weighted by Gasteiger charge is 2.44. The monoisotopic (exact) mass is 457 g/mol.